The van der Waals surface area contributed by atoms with Crippen LogP contribution in [0.2, 0.25) is 5.02 Å². The Morgan fingerprint density at radius 3 is 2.52 bits per heavy atom. The van der Waals surface area contributed by atoms with Gasteiger partial charge in [0.2, 0.25) is 0 Å². The molecule has 0 saturated heterocycles. The molecule has 112 valence electrons. The maximum atomic E-state index is 6.31. The summed E-state index contributed by atoms with van der Waals surface area (Å²) in [7, 11) is 0. The molecule has 2 rings (SSSR count). The van der Waals surface area contributed by atoms with Crippen molar-refractivity contribution >= 4 is 34.2 Å². The van der Waals surface area contributed by atoms with E-state index in [0.29, 0.717) is 11.6 Å². The van der Waals surface area contributed by atoms with Gasteiger partial charge >= 0.3 is 0 Å². The van der Waals surface area contributed by atoms with Gasteiger partial charge in [0.25, 0.3) is 0 Å². The first-order valence-corrected chi connectivity index (χ1v) is 8.27. The number of para-hydroxylation sites is 1. The first-order valence-electron chi connectivity index (χ1n) is 6.81. The van der Waals surface area contributed by atoms with E-state index in [1.54, 1.807) is 0 Å². The molecular weight excluding hydrogens is 397 g/mol. The highest BCUT2D eigenvalue weighted by Crippen LogP contribution is 2.33. The monoisotopic (exact) mass is 415 g/mol. The van der Waals surface area contributed by atoms with Gasteiger partial charge in [0.05, 0.1) is 5.02 Å². The minimum absolute atomic E-state index is 0.0434. The van der Waals surface area contributed by atoms with E-state index < -0.39 is 0 Å². The van der Waals surface area contributed by atoms with E-state index in [1.807, 2.05) is 42.5 Å². The number of hydrogen-bond acceptors (Lipinski definition) is 2. The van der Waals surface area contributed by atoms with Gasteiger partial charge in [-0.1, -0.05) is 29.8 Å². The van der Waals surface area contributed by atoms with Crippen molar-refractivity contribution in [3.05, 3.63) is 56.6 Å². The highest BCUT2D eigenvalue weighted by molar-refractivity contribution is 14.1. The zero-order valence-electron chi connectivity index (χ0n) is 12.4. The van der Waals surface area contributed by atoms with Crippen LogP contribution in [0.1, 0.15) is 26.3 Å². The van der Waals surface area contributed by atoms with E-state index in [9.17, 15) is 0 Å². The molecule has 2 aromatic carbocycles. The lowest BCUT2D eigenvalue weighted by Gasteiger charge is -2.22. The molecule has 1 N–H and O–H groups in total. The molecule has 0 aliphatic rings. The van der Waals surface area contributed by atoms with Gasteiger partial charge in [-0.15, -0.1) is 0 Å². The molecule has 0 bridgehead atoms. The Morgan fingerprint density at radius 2 is 1.86 bits per heavy atom. The molecule has 0 radical (unpaired) electrons. The fraction of sp³-hybridized carbons (Fsp3) is 0.294. The molecule has 0 fully saturated rings. The summed E-state index contributed by atoms with van der Waals surface area (Å²) in [5.74, 6) is 1.52. The first-order chi connectivity index (χ1) is 9.85. The molecule has 0 heterocycles. The van der Waals surface area contributed by atoms with Gasteiger partial charge in [-0.3, -0.25) is 0 Å². The molecule has 0 aromatic heterocycles. The van der Waals surface area contributed by atoms with Gasteiger partial charge in [0.1, 0.15) is 11.5 Å². The second kappa shape index (κ2) is 6.99. The average Bonchev–Trinajstić information content (AvgIpc) is 2.39. The minimum atomic E-state index is 0.0434. The van der Waals surface area contributed by atoms with Crippen molar-refractivity contribution in [2.75, 3.05) is 0 Å². The standard InChI is InChI=1S/C17H19ClINO/c1-17(2,3)20-11-12-6-4-9-15(18)16(12)21-14-8-5-7-13(19)10-14/h4-10,20H,11H2,1-3H3. The highest BCUT2D eigenvalue weighted by Gasteiger charge is 2.13. The maximum Gasteiger partial charge on any atom is 0.150 e. The minimum Gasteiger partial charge on any atom is -0.455 e. The van der Waals surface area contributed by atoms with Crippen molar-refractivity contribution < 1.29 is 4.74 Å². The smallest absolute Gasteiger partial charge is 0.150 e. The predicted molar refractivity (Wildman–Crippen MR) is 97.3 cm³/mol. The van der Waals surface area contributed by atoms with E-state index in [4.69, 9.17) is 16.3 Å². The lowest BCUT2D eigenvalue weighted by molar-refractivity contribution is 0.414. The summed E-state index contributed by atoms with van der Waals surface area (Å²) in [5.41, 5.74) is 1.10. The van der Waals surface area contributed by atoms with E-state index >= 15 is 0 Å². The topological polar surface area (TPSA) is 21.3 Å². The molecular formula is C17H19ClINO. The molecule has 0 aliphatic heterocycles. The molecule has 0 saturated carbocycles. The number of ether oxygens (including phenoxy) is 1. The summed E-state index contributed by atoms with van der Waals surface area (Å²) in [6, 6.07) is 13.8. The zero-order chi connectivity index (χ0) is 15.5. The summed E-state index contributed by atoms with van der Waals surface area (Å²) in [6.45, 7) is 7.12. The molecule has 21 heavy (non-hydrogen) atoms. The summed E-state index contributed by atoms with van der Waals surface area (Å²) in [6.07, 6.45) is 0. The molecule has 2 nitrogen and oxygen atoms in total. The van der Waals surface area contributed by atoms with Gasteiger partial charge in [-0.05, 0) is 67.6 Å². The lowest BCUT2D eigenvalue weighted by Crippen LogP contribution is -2.35. The van der Waals surface area contributed by atoms with Crippen molar-refractivity contribution in [1.29, 1.82) is 0 Å². The Bertz CT molecular complexity index is 622. The third kappa shape index (κ3) is 5.16. The summed E-state index contributed by atoms with van der Waals surface area (Å²) in [4.78, 5) is 0. The molecule has 2 aromatic rings. The lowest BCUT2D eigenvalue weighted by atomic mass is 10.1. The molecule has 0 atom stereocenters. The van der Waals surface area contributed by atoms with E-state index in [1.165, 1.54) is 0 Å². The molecule has 0 aliphatic carbocycles. The maximum absolute atomic E-state index is 6.31. The van der Waals surface area contributed by atoms with Crippen LogP contribution in [0.4, 0.5) is 0 Å². The quantitative estimate of drug-likeness (QED) is 0.654. The van der Waals surface area contributed by atoms with Crippen molar-refractivity contribution in [3.63, 3.8) is 0 Å². The Hall–Kier alpha value is -0.780. The van der Waals surface area contributed by atoms with Crippen LogP contribution in [0, 0.1) is 3.57 Å². The molecule has 0 unspecified atom stereocenters. The summed E-state index contributed by atoms with van der Waals surface area (Å²) >= 11 is 8.58. The van der Waals surface area contributed by atoms with Crippen LogP contribution in [0.5, 0.6) is 11.5 Å². The van der Waals surface area contributed by atoms with Crippen molar-refractivity contribution in [2.24, 2.45) is 0 Å². The van der Waals surface area contributed by atoms with Gasteiger partial charge in [0, 0.05) is 21.2 Å². The van der Waals surface area contributed by atoms with Crippen LogP contribution in [-0.4, -0.2) is 5.54 Å². The van der Waals surface area contributed by atoms with E-state index in [2.05, 4.69) is 48.7 Å². The van der Waals surface area contributed by atoms with Crippen LogP contribution >= 0.6 is 34.2 Å². The number of nitrogens with one attached hydrogen (secondary N) is 1. The molecule has 0 amide bonds. The van der Waals surface area contributed by atoms with E-state index in [0.717, 1.165) is 20.6 Å². The van der Waals surface area contributed by atoms with Gasteiger partial charge < -0.3 is 10.1 Å². The van der Waals surface area contributed by atoms with Gasteiger partial charge in [0.15, 0.2) is 0 Å². The fourth-order valence-corrected chi connectivity index (χ4v) is 2.56. The normalized spacial score (nSPS) is 11.5. The fourth-order valence-electron chi connectivity index (χ4n) is 1.82. The van der Waals surface area contributed by atoms with Crippen LogP contribution in [0.15, 0.2) is 42.5 Å². The highest BCUT2D eigenvalue weighted by atomic mass is 127. The number of halogens is 2. The number of rotatable bonds is 4. The Kier molecular flexibility index (Phi) is 5.52. The molecule has 4 heteroatoms. The third-order valence-corrected chi connectivity index (χ3v) is 3.84. The SMILES string of the molecule is CC(C)(C)NCc1cccc(Cl)c1Oc1cccc(I)c1. The third-order valence-electron chi connectivity index (χ3n) is 2.87. The van der Waals surface area contributed by atoms with Crippen molar-refractivity contribution in [1.82, 2.24) is 5.32 Å². The van der Waals surface area contributed by atoms with Gasteiger partial charge in [-0.2, -0.15) is 0 Å². The second-order valence-corrected chi connectivity index (χ2v) is 7.54. The van der Waals surface area contributed by atoms with Crippen molar-refractivity contribution in [2.45, 2.75) is 32.9 Å². The number of hydrogen-bond donors (Lipinski definition) is 1. The largest absolute Gasteiger partial charge is 0.455 e. The Labute approximate surface area is 145 Å². The summed E-state index contributed by atoms with van der Waals surface area (Å²) < 4.78 is 7.14. The Morgan fingerprint density at radius 1 is 1.14 bits per heavy atom. The van der Waals surface area contributed by atoms with Crippen molar-refractivity contribution in [3.8, 4) is 11.5 Å². The van der Waals surface area contributed by atoms with Crippen LogP contribution in [0.3, 0.4) is 0 Å². The first kappa shape index (κ1) is 16.6. The summed E-state index contributed by atoms with van der Waals surface area (Å²) in [5, 5.41) is 4.09. The second-order valence-electron chi connectivity index (χ2n) is 5.89. The average molecular weight is 416 g/mol. The van der Waals surface area contributed by atoms with E-state index in [-0.39, 0.29) is 5.54 Å². The van der Waals surface area contributed by atoms with Crippen LogP contribution in [0.25, 0.3) is 0 Å². The molecule has 0 spiro atoms. The van der Waals surface area contributed by atoms with Crippen LogP contribution < -0.4 is 10.1 Å². The Balaban J connectivity index is 2.25. The zero-order valence-corrected chi connectivity index (χ0v) is 15.3. The number of benzene rings is 2. The predicted octanol–water partition coefficient (Wildman–Crippen LogP) is 5.63. The van der Waals surface area contributed by atoms with Gasteiger partial charge in [-0.25, -0.2) is 0 Å². The van der Waals surface area contributed by atoms with Crippen LogP contribution in [-0.2, 0) is 6.54 Å².